The summed E-state index contributed by atoms with van der Waals surface area (Å²) in [6.07, 6.45) is 3.90. The number of rotatable bonds is 2. The van der Waals surface area contributed by atoms with Gasteiger partial charge in [0.2, 0.25) is 0 Å². The van der Waals surface area contributed by atoms with Gasteiger partial charge in [-0.15, -0.1) is 11.3 Å². The highest BCUT2D eigenvalue weighted by Gasteiger charge is 2.43. The average molecular weight is 346 g/mol. The van der Waals surface area contributed by atoms with Gasteiger partial charge in [-0.2, -0.15) is 0 Å². The zero-order valence-corrected chi connectivity index (χ0v) is 13.9. The van der Waals surface area contributed by atoms with E-state index in [-0.39, 0.29) is 5.91 Å². The molecule has 1 spiro atoms. The zero-order chi connectivity index (χ0) is 16.7. The summed E-state index contributed by atoms with van der Waals surface area (Å²) >= 11 is 1.32. The number of carbonyl (C=O) groups excluding carboxylic acids is 1. The van der Waals surface area contributed by atoms with Gasteiger partial charge in [0.1, 0.15) is 16.2 Å². The Hall–Kier alpha value is -2.12. The third-order valence-corrected chi connectivity index (χ3v) is 6.22. The number of nitrogens with zero attached hydrogens (tertiary/aromatic N) is 1. The van der Waals surface area contributed by atoms with Gasteiger partial charge in [0, 0.05) is 24.2 Å². The van der Waals surface area contributed by atoms with Crippen molar-refractivity contribution in [2.45, 2.75) is 24.9 Å². The minimum absolute atomic E-state index is 0.00304. The number of carbonyl (C=O) groups is 2. The quantitative estimate of drug-likeness (QED) is 0.875. The first kappa shape index (κ1) is 15.4. The number of fused-ring (bicyclic) bond motifs is 2. The Morgan fingerprint density at radius 1 is 1.33 bits per heavy atom. The highest BCUT2D eigenvalue weighted by atomic mass is 32.1. The third-order valence-electron chi connectivity index (χ3n) is 4.87. The van der Waals surface area contributed by atoms with Crippen LogP contribution in [0.5, 0.6) is 0 Å². The van der Waals surface area contributed by atoms with Crippen LogP contribution in [0.2, 0.25) is 0 Å². The number of aromatic nitrogens is 1. The van der Waals surface area contributed by atoms with Crippen molar-refractivity contribution in [3.63, 3.8) is 0 Å². The molecular weight excluding hydrogens is 328 g/mol. The molecule has 0 aromatic carbocycles. The van der Waals surface area contributed by atoms with E-state index in [0.29, 0.717) is 43.1 Å². The van der Waals surface area contributed by atoms with Gasteiger partial charge in [-0.1, -0.05) is 0 Å². The second-order valence-corrected chi connectivity index (χ2v) is 7.29. The zero-order valence-electron chi connectivity index (χ0n) is 13.1. The Kier molecular flexibility index (Phi) is 3.69. The van der Waals surface area contributed by atoms with E-state index >= 15 is 0 Å². The Balaban J connectivity index is 1.55. The number of hydrogen-bond donors (Lipinski definition) is 2. The first-order chi connectivity index (χ1) is 11.6. The molecule has 7 heteroatoms. The first-order valence-corrected chi connectivity index (χ1v) is 8.84. The third kappa shape index (κ3) is 2.44. The molecule has 0 bridgehead atoms. The molecule has 0 atom stereocenters. The second kappa shape index (κ2) is 5.75. The van der Waals surface area contributed by atoms with Gasteiger partial charge in [-0.3, -0.25) is 4.79 Å². The van der Waals surface area contributed by atoms with Crippen molar-refractivity contribution < 1.29 is 19.4 Å². The minimum Gasteiger partial charge on any atom is -0.477 e. The molecule has 1 amide bonds. The van der Waals surface area contributed by atoms with Crippen molar-refractivity contribution >= 4 is 23.2 Å². The lowest BCUT2D eigenvalue weighted by Crippen LogP contribution is -2.47. The van der Waals surface area contributed by atoms with E-state index in [2.05, 4.69) is 4.98 Å². The minimum atomic E-state index is -0.885. The fourth-order valence-corrected chi connectivity index (χ4v) is 4.85. The van der Waals surface area contributed by atoms with Crippen molar-refractivity contribution in [1.29, 1.82) is 0 Å². The standard InChI is InChI=1S/C17H18N2O4S/c20-15(12-2-1-6-18-12)19-7-4-17(5-8-19)14-11(3-9-23-17)10-13(24-14)16(21)22/h1-2,6,10,18H,3-5,7-9H2,(H,21,22). The maximum Gasteiger partial charge on any atom is 0.345 e. The van der Waals surface area contributed by atoms with Gasteiger partial charge >= 0.3 is 5.97 Å². The topological polar surface area (TPSA) is 82.6 Å². The van der Waals surface area contributed by atoms with Gasteiger partial charge < -0.3 is 19.7 Å². The fourth-order valence-electron chi connectivity index (χ4n) is 3.60. The summed E-state index contributed by atoms with van der Waals surface area (Å²) < 4.78 is 6.12. The lowest BCUT2D eigenvalue weighted by atomic mass is 9.85. The SMILES string of the molecule is O=C(O)c1cc2c(s1)C1(CCN(C(=O)c3ccc[nH]3)CC1)OCC2. The van der Waals surface area contributed by atoms with Gasteiger partial charge in [0.15, 0.2) is 0 Å². The van der Waals surface area contributed by atoms with Gasteiger partial charge in [-0.05, 0) is 43.0 Å². The maximum absolute atomic E-state index is 12.4. The van der Waals surface area contributed by atoms with Crippen LogP contribution in [-0.2, 0) is 16.8 Å². The van der Waals surface area contributed by atoms with Crippen LogP contribution in [0.25, 0.3) is 0 Å². The van der Waals surface area contributed by atoms with Gasteiger partial charge in [-0.25, -0.2) is 4.79 Å². The number of nitrogens with one attached hydrogen (secondary N) is 1. The largest absolute Gasteiger partial charge is 0.477 e. The highest BCUT2D eigenvalue weighted by Crippen LogP contribution is 2.45. The van der Waals surface area contributed by atoms with Crippen LogP contribution in [0, 0.1) is 0 Å². The van der Waals surface area contributed by atoms with Crippen LogP contribution in [0.15, 0.2) is 24.4 Å². The summed E-state index contributed by atoms with van der Waals surface area (Å²) in [5.41, 5.74) is 1.26. The molecule has 4 rings (SSSR count). The van der Waals surface area contributed by atoms with E-state index < -0.39 is 11.6 Å². The van der Waals surface area contributed by atoms with Crippen molar-refractivity contribution in [1.82, 2.24) is 9.88 Å². The molecular formula is C17H18N2O4S. The van der Waals surface area contributed by atoms with E-state index in [4.69, 9.17) is 4.74 Å². The number of aromatic carboxylic acids is 1. The number of carboxylic acids is 1. The predicted molar refractivity (Wildman–Crippen MR) is 88.5 cm³/mol. The maximum atomic E-state index is 12.4. The summed E-state index contributed by atoms with van der Waals surface area (Å²) in [6, 6.07) is 5.37. The van der Waals surface area contributed by atoms with Gasteiger partial charge in [0.05, 0.1) is 6.61 Å². The average Bonchev–Trinajstić information content (AvgIpc) is 3.25. The van der Waals surface area contributed by atoms with Crippen molar-refractivity contribution in [2.75, 3.05) is 19.7 Å². The van der Waals surface area contributed by atoms with Crippen molar-refractivity contribution in [2.24, 2.45) is 0 Å². The Morgan fingerprint density at radius 3 is 2.79 bits per heavy atom. The molecule has 1 saturated heterocycles. The Labute approximate surface area is 143 Å². The molecule has 0 radical (unpaired) electrons. The molecule has 2 aromatic heterocycles. The fraction of sp³-hybridized carbons (Fsp3) is 0.412. The molecule has 0 saturated carbocycles. The van der Waals surface area contributed by atoms with Crippen LogP contribution in [0.4, 0.5) is 0 Å². The summed E-state index contributed by atoms with van der Waals surface area (Å²) in [7, 11) is 0. The summed E-state index contributed by atoms with van der Waals surface area (Å²) in [6.45, 7) is 1.82. The molecule has 126 valence electrons. The molecule has 2 N–H and O–H groups in total. The smallest absolute Gasteiger partial charge is 0.345 e. The summed E-state index contributed by atoms with van der Waals surface area (Å²) in [5, 5.41) is 9.25. The van der Waals surface area contributed by atoms with E-state index in [1.165, 1.54) is 11.3 Å². The normalized spacial score (nSPS) is 19.2. The number of amides is 1. The first-order valence-electron chi connectivity index (χ1n) is 8.02. The molecule has 2 aromatic rings. The van der Waals surface area contributed by atoms with Crippen LogP contribution >= 0.6 is 11.3 Å². The molecule has 2 aliphatic rings. The number of aromatic amines is 1. The van der Waals surface area contributed by atoms with Crippen LogP contribution in [-0.4, -0.2) is 46.6 Å². The highest BCUT2D eigenvalue weighted by molar-refractivity contribution is 7.14. The molecule has 1 fully saturated rings. The predicted octanol–water partition coefficient (Wildman–Crippen LogP) is 2.48. The molecule has 0 aliphatic carbocycles. The van der Waals surface area contributed by atoms with E-state index in [1.807, 2.05) is 11.0 Å². The van der Waals surface area contributed by atoms with E-state index in [0.717, 1.165) is 16.9 Å². The van der Waals surface area contributed by atoms with Gasteiger partial charge in [0.25, 0.3) is 5.91 Å². The molecule has 24 heavy (non-hydrogen) atoms. The van der Waals surface area contributed by atoms with Crippen LogP contribution in [0.3, 0.4) is 0 Å². The number of likely N-dealkylation sites (tertiary alicyclic amines) is 1. The second-order valence-electron chi connectivity index (χ2n) is 6.24. The summed E-state index contributed by atoms with van der Waals surface area (Å²) in [4.78, 5) is 29.9. The number of carboxylic acid groups (broad SMARTS) is 1. The number of piperidine rings is 1. The lowest BCUT2D eigenvalue weighted by Gasteiger charge is -2.43. The van der Waals surface area contributed by atoms with E-state index in [9.17, 15) is 14.7 Å². The molecule has 2 aliphatic heterocycles. The Morgan fingerprint density at radius 2 is 2.12 bits per heavy atom. The van der Waals surface area contributed by atoms with Crippen molar-refractivity contribution in [3.8, 4) is 0 Å². The molecule has 6 nitrogen and oxygen atoms in total. The number of hydrogen-bond acceptors (Lipinski definition) is 4. The number of ether oxygens (including phenoxy) is 1. The molecule has 0 unspecified atom stereocenters. The Bertz CT molecular complexity index is 773. The van der Waals surface area contributed by atoms with Crippen LogP contribution < -0.4 is 0 Å². The van der Waals surface area contributed by atoms with Crippen LogP contribution in [0.1, 0.15) is 43.4 Å². The van der Waals surface area contributed by atoms with E-state index in [1.54, 1.807) is 18.3 Å². The monoisotopic (exact) mass is 346 g/mol. The lowest BCUT2D eigenvalue weighted by molar-refractivity contribution is -0.0906. The van der Waals surface area contributed by atoms with Crippen molar-refractivity contribution in [3.05, 3.63) is 45.4 Å². The number of H-pyrrole nitrogens is 1. The molecule has 4 heterocycles. The number of thiophene rings is 1. The summed E-state index contributed by atoms with van der Waals surface area (Å²) in [5.74, 6) is -0.882.